The number of aliphatic carboxylic acids is 1. The van der Waals surface area contributed by atoms with Gasteiger partial charge in [-0.3, -0.25) is 0 Å². The molecule has 3 nitrogen and oxygen atoms in total. The van der Waals surface area contributed by atoms with Gasteiger partial charge < -0.3 is 9.67 Å². The maximum Gasteiger partial charge on any atom is 0.336 e. The van der Waals surface area contributed by atoms with Gasteiger partial charge >= 0.3 is 5.97 Å². The summed E-state index contributed by atoms with van der Waals surface area (Å²) in [6, 6.07) is 7.83. The van der Waals surface area contributed by atoms with Crippen LogP contribution in [0.4, 0.5) is 0 Å². The Morgan fingerprint density at radius 2 is 2.12 bits per heavy atom. The molecule has 17 heavy (non-hydrogen) atoms. The highest BCUT2D eigenvalue weighted by Crippen LogP contribution is 2.27. The maximum atomic E-state index is 11.3. The molecule has 88 valence electrons. The van der Waals surface area contributed by atoms with Gasteiger partial charge in [0.25, 0.3) is 0 Å². The lowest BCUT2D eigenvalue weighted by Gasteiger charge is -2.00. The first-order chi connectivity index (χ1) is 8.15. The summed E-state index contributed by atoms with van der Waals surface area (Å²) < 4.78 is 1.96. The number of hydrogen-bond donors (Lipinski definition) is 1. The van der Waals surface area contributed by atoms with E-state index in [2.05, 4.69) is 0 Å². The second kappa shape index (κ2) is 4.45. The van der Waals surface area contributed by atoms with Crippen molar-refractivity contribution in [2.45, 2.75) is 13.3 Å². The molecule has 0 amide bonds. The Labute approximate surface area is 100.0 Å². The maximum absolute atomic E-state index is 11.3. The molecule has 0 spiro atoms. The molecule has 0 atom stereocenters. The van der Waals surface area contributed by atoms with Gasteiger partial charge in [-0.1, -0.05) is 31.2 Å². The van der Waals surface area contributed by atoms with Crippen LogP contribution in [0.25, 0.3) is 16.5 Å². The molecule has 0 fully saturated rings. The van der Waals surface area contributed by atoms with Gasteiger partial charge in [0.2, 0.25) is 0 Å². The smallest absolute Gasteiger partial charge is 0.336 e. The molecule has 0 radical (unpaired) electrons. The molecule has 0 unspecified atom stereocenters. The SMILES string of the molecule is CCC=C(C(=O)O)c1cn(C)c2ccccc12. The molecule has 3 heteroatoms. The minimum Gasteiger partial charge on any atom is -0.478 e. The second-order valence-corrected chi connectivity index (χ2v) is 4.00. The molecule has 0 bridgehead atoms. The van der Waals surface area contributed by atoms with Gasteiger partial charge in [-0.15, -0.1) is 0 Å². The van der Waals surface area contributed by atoms with Crippen molar-refractivity contribution in [3.63, 3.8) is 0 Å². The van der Waals surface area contributed by atoms with Gasteiger partial charge in [-0.2, -0.15) is 0 Å². The van der Waals surface area contributed by atoms with Crippen LogP contribution in [-0.4, -0.2) is 15.6 Å². The van der Waals surface area contributed by atoms with Gasteiger partial charge in [-0.25, -0.2) is 4.79 Å². The summed E-state index contributed by atoms with van der Waals surface area (Å²) in [6.45, 7) is 1.94. The van der Waals surface area contributed by atoms with E-state index in [0.717, 1.165) is 16.5 Å². The fraction of sp³-hybridized carbons (Fsp3) is 0.214. The number of hydrogen-bond acceptors (Lipinski definition) is 1. The van der Waals surface area contributed by atoms with Crippen LogP contribution in [0.5, 0.6) is 0 Å². The van der Waals surface area contributed by atoms with Crippen molar-refractivity contribution >= 4 is 22.4 Å². The summed E-state index contributed by atoms with van der Waals surface area (Å²) in [4.78, 5) is 11.3. The summed E-state index contributed by atoms with van der Waals surface area (Å²) >= 11 is 0. The first kappa shape index (κ1) is 11.5. The Morgan fingerprint density at radius 1 is 1.41 bits per heavy atom. The lowest BCUT2D eigenvalue weighted by molar-refractivity contribution is -0.130. The fourth-order valence-corrected chi connectivity index (χ4v) is 2.07. The largest absolute Gasteiger partial charge is 0.478 e. The Morgan fingerprint density at radius 3 is 2.76 bits per heavy atom. The highest BCUT2D eigenvalue weighted by Gasteiger charge is 2.15. The minimum absolute atomic E-state index is 0.379. The number of benzene rings is 1. The molecule has 0 aliphatic rings. The van der Waals surface area contributed by atoms with E-state index in [9.17, 15) is 9.90 Å². The number of carboxylic acids is 1. The molecular weight excluding hydrogens is 214 g/mol. The van der Waals surface area contributed by atoms with Crippen molar-refractivity contribution in [1.82, 2.24) is 4.57 Å². The first-order valence-corrected chi connectivity index (χ1v) is 5.63. The zero-order chi connectivity index (χ0) is 12.4. The van der Waals surface area contributed by atoms with E-state index >= 15 is 0 Å². The summed E-state index contributed by atoms with van der Waals surface area (Å²) in [5.74, 6) is -0.872. The molecule has 1 aromatic carbocycles. The lowest BCUT2D eigenvalue weighted by Crippen LogP contribution is -1.99. The number of carbonyl (C=O) groups is 1. The number of aromatic nitrogens is 1. The average molecular weight is 229 g/mol. The summed E-state index contributed by atoms with van der Waals surface area (Å²) in [5.41, 5.74) is 2.22. The van der Waals surface area contributed by atoms with Crippen LogP contribution in [0.15, 0.2) is 36.5 Å². The molecule has 0 saturated carbocycles. The molecule has 2 aromatic rings. The van der Waals surface area contributed by atoms with Crippen LogP contribution in [0.1, 0.15) is 18.9 Å². The van der Waals surface area contributed by atoms with Crippen molar-refractivity contribution < 1.29 is 9.90 Å². The monoisotopic (exact) mass is 229 g/mol. The number of aryl methyl sites for hydroxylation is 1. The zero-order valence-electron chi connectivity index (χ0n) is 9.97. The van der Waals surface area contributed by atoms with Crippen LogP contribution in [0.3, 0.4) is 0 Å². The number of allylic oxidation sites excluding steroid dienone is 1. The topological polar surface area (TPSA) is 42.2 Å². The lowest BCUT2D eigenvalue weighted by atomic mass is 10.0. The molecule has 1 N–H and O–H groups in total. The molecule has 1 heterocycles. The number of rotatable bonds is 3. The molecule has 1 aromatic heterocycles. The van der Waals surface area contributed by atoms with Crippen LogP contribution in [0.2, 0.25) is 0 Å². The van der Waals surface area contributed by atoms with E-state index in [1.807, 2.05) is 49.0 Å². The van der Waals surface area contributed by atoms with Crippen LogP contribution < -0.4 is 0 Å². The third kappa shape index (κ3) is 1.96. The van der Waals surface area contributed by atoms with Gasteiger partial charge in [0.05, 0.1) is 5.57 Å². The molecule has 0 aliphatic carbocycles. The summed E-state index contributed by atoms with van der Waals surface area (Å²) in [6.07, 6.45) is 4.34. The number of para-hydroxylation sites is 1. The summed E-state index contributed by atoms with van der Waals surface area (Å²) in [5, 5.41) is 10.2. The van der Waals surface area contributed by atoms with Gasteiger partial charge in [-0.05, 0) is 12.5 Å². The van der Waals surface area contributed by atoms with Gasteiger partial charge in [0, 0.05) is 29.7 Å². The van der Waals surface area contributed by atoms with E-state index in [4.69, 9.17) is 0 Å². The van der Waals surface area contributed by atoms with Crippen LogP contribution in [0, 0.1) is 0 Å². The third-order valence-electron chi connectivity index (χ3n) is 2.83. The van der Waals surface area contributed by atoms with Crippen molar-refractivity contribution in [1.29, 1.82) is 0 Å². The average Bonchev–Trinajstić information content (AvgIpc) is 2.64. The predicted molar refractivity (Wildman–Crippen MR) is 68.8 cm³/mol. The zero-order valence-corrected chi connectivity index (χ0v) is 9.97. The normalized spacial score (nSPS) is 12.0. The Bertz CT molecular complexity index is 593. The highest BCUT2D eigenvalue weighted by atomic mass is 16.4. The van der Waals surface area contributed by atoms with Crippen molar-refractivity contribution in [3.8, 4) is 0 Å². The summed E-state index contributed by atoms with van der Waals surface area (Å²) in [7, 11) is 1.93. The van der Waals surface area contributed by atoms with Gasteiger partial charge in [0.1, 0.15) is 0 Å². The fourth-order valence-electron chi connectivity index (χ4n) is 2.07. The standard InChI is InChI=1S/C14H15NO2/c1-3-6-11(14(16)17)12-9-15(2)13-8-5-4-7-10(12)13/h4-9H,3H2,1-2H3,(H,16,17). The second-order valence-electron chi connectivity index (χ2n) is 4.00. The Hall–Kier alpha value is -2.03. The minimum atomic E-state index is -0.872. The van der Waals surface area contributed by atoms with E-state index in [1.165, 1.54) is 0 Å². The Balaban J connectivity index is 2.70. The highest BCUT2D eigenvalue weighted by molar-refractivity contribution is 6.19. The third-order valence-corrected chi connectivity index (χ3v) is 2.83. The van der Waals surface area contributed by atoms with Crippen molar-refractivity contribution in [2.24, 2.45) is 7.05 Å². The molecule has 0 saturated heterocycles. The number of fused-ring (bicyclic) bond motifs is 1. The number of nitrogens with zero attached hydrogens (tertiary/aromatic N) is 1. The number of carboxylic acid groups (broad SMARTS) is 1. The molecular formula is C14H15NO2. The first-order valence-electron chi connectivity index (χ1n) is 5.63. The van der Waals surface area contributed by atoms with Crippen molar-refractivity contribution in [3.05, 3.63) is 42.1 Å². The predicted octanol–water partition coefficient (Wildman–Crippen LogP) is 3.06. The van der Waals surface area contributed by atoms with E-state index < -0.39 is 5.97 Å². The van der Waals surface area contributed by atoms with E-state index in [0.29, 0.717) is 12.0 Å². The Kier molecular flexibility index (Phi) is 3.00. The molecule has 0 aliphatic heterocycles. The van der Waals surface area contributed by atoms with E-state index in [1.54, 1.807) is 6.08 Å². The van der Waals surface area contributed by atoms with E-state index in [-0.39, 0.29) is 0 Å². The van der Waals surface area contributed by atoms with Gasteiger partial charge in [0.15, 0.2) is 0 Å². The molecule has 2 rings (SSSR count). The van der Waals surface area contributed by atoms with Crippen LogP contribution >= 0.6 is 0 Å². The van der Waals surface area contributed by atoms with Crippen LogP contribution in [-0.2, 0) is 11.8 Å². The quantitative estimate of drug-likeness (QED) is 0.822. The van der Waals surface area contributed by atoms with Crippen molar-refractivity contribution in [2.75, 3.05) is 0 Å².